The Labute approximate surface area is 101 Å². The van der Waals surface area contributed by atoms with Crippen LogP contribution < -0.4 is 10.1 Å². The van der Waals surface area contributed by atoms with Crippen molar-refractivity contribution in [1.82, 2.24) is 5.32 Å². The van der Waals surface area contributed by atoms with E-state index in [1.54, 1.807) is 12.1 Å². The molecule has 2 aliphatic heterocycles. The first-order valence-electron chi connectivity index (χ1n) is 6.46. The second kappa shape index (κ2) is 4.65. The Bertz CT molecular complexity index is 378. The van der Waals surface area contributed by atoms with Gasteiger partial charge in [0.05, 0.1) is 6.61 Å². The lowest BCUT2D eigenvalue weighted by molar-refractivity contribution is 0.182. The molecule has 0 amide bonds. The number of benzene rings is 1. The van der Waals surface area contributed by atoms with Gasteiger partial charge in [0.15, 0.2) is 0 Å². The molecule has 1 N–H and O–H groups in total. The van der Waals surface area contributed by atoms with Crippen LogP contribution in [0, 0.1) is 11.7 Å². The van der Waals surface area contributed by atoms with Gasteiger partial charge in [-0.3, -0.25) is 0 Å². The zero-order valence-electron chi connectivity index (χ0n) is 9.86. The minimum Gasteiger partial charge on any atom is -0.493 e. The molecule has 1 aromatic rings. The lowest BCUT2D eigenvalue weighted by Crippen LogP contribution is -2.42. The van der Waals surface area contributed by atoms with Crippen molar-refractivity contribution in [1.29, 1.82) is 0 Å². The van der Waals surface area contributed by atoms with E-state index < -0.39 is 0 Å². The van der Waals surface area contributed by atoms with Crippen molar-refractivity contribution in [2.24, 2.45) is 5.92 Å². The summed E-state index contributed by atoms with van der Waals surface area (Å²) in [5.41, 5.74) is 0. The summed E-state index contributed by atoms with van der Waals surface area (Å²) in [5, 5.41) is 3.65. The minimum absolute atomic E-state index is 0.213. The minimum atomic E-state index is -0.213. The van der Waals surface area contributed by atoms with Crippen LogP contribution in [0.3, 0.4) is 0 Å². The van der Waals surface area contributed by atoms with Crippen molar-refractivity contribution in [3.63, 3.8) is 0 Å². The average Bonchev–Trinajstić information content (AvgIpc) is 2.73. The Morgan fingerprint density at radius 3 is 2.71 bits per heavy atom. The monoisotopic (exact) mass is 235 g/mol. The molecule has 17 heavy (non-hydrogen) atoms. The number of ether oxygens (including phenoxy) is 1. The van der Waals surface area contributed by atoms with Gasteiger partial charge in [-0.1, -0.05) is 0 Å². The third-order valence-electron chi connectivity index (χ3n) is 4.01. The van der Waals surface area contributed by atoms with Crippen molar-refractivity contribution in [3.8, 4) is 5.75 Å². The van der Waals surface area contributed by atoms with E-state index in [0.717, 1.165) is 18.4 Å². The quantitative estimate of drug-likeness (QED) is 0.869. The van der Waals surface area contributed by atoms with Gasteiger partial charge in [-0.2, -0.15) is 0 Å². The molecule has 0 spiro atoms. The van der Waals surface area contributed by atoms with E-state index >= 15 is 0 Å². The average molecular weight is 235 g/mol. The van der Waals surface area contributed by atoms with E-state index in [0.29, 0.717) is 12.0 Å². The molecule has 1 aromatic carbocycles. The predicted molar refractivity (Wildman–Crippen MR) is 64.6 cm³/mol. The van der Waals surface area contributed by atoms with Crippen LogP contribution in [0.15, 0.2) is 24.3 Å². The Morgan fingerprint density at radius 2 is 1.88 bits per heavy atom. The maximum atomic E-state index is 12.7. The summed E-state index contributed by atoms with van der Waals surface area (Å²) < 4.78 is 18.5. The first-order chi connectivity index (χ1) is 8.31. The lowest BCUT2D eigenvalue weighted by Gasteiger charge is -2.30. The normalized spacial score (nSPS) is 31.5. The Balaban J connectivity index is 1.55. The molecule has 3 heteroatoms. The molecular weight excluding hydrogens is 217 g/mol. The van der Waals surface area contributed by atoms with Crippen LogP contribution in [0.4, 0.5) is 4.39 Å². The summed E-state index contributed by atoms with van der Waals surface area (Å²) in [4.78, 5) is 0. The van der Waals surface area contributed by atoms with Crippen LogP contribution in [0.5, 0.6) is 5.75 Å². The predicted octanol–water partition coefficient (Wildman–Crippen LogP) is 2.74. The number of fused-ring (bicyclic) bond motifs is 2. The maximum absolute atomic E-state index is 12.7. The largest absolute Gasteiger partial charge is 0.493 e. The van der Waals surface area contributed by atoms with Gasteiger partial charge < -0.3 is 10.1 Å². The highest BCUT2D eigenvalue weighted by atomic mass is 19.1. The topological polar surface area (TPSA) is 21.3 Å². The second-order valence-electron chi connectivity index (χ2n) is 5.15. The molecule has 0 radical (unpaired) electrons. The fourth-order valence-electron chi connectivity index (χ4n) is 3.00. The fourth-order valence-corrected chi connectivity index (χ4v) is 3.00. The van der Waals surface area contributed by atoms with E-state index in [4.69, 9.17) is 4.74 Å². The molecule has 3 unspecified atom stereocenters. The standard InChI is InChI=1S/C14H18FNO/c15-11-2-6-13(7-3-11)17-9-10-1-4-12-5-8-14(10)16-12/h2-3,6-7,10,12,14,16H,1,4-5,8-9H2. The molecule has 2 saturated heterocycles. The highest BCUT2D eigenvalue weighted by Crippen LogP contribution is 2.31. The van der Waals surface area contributed by atoms with E-state index in [2.05, 4.69) is 5.32 Å². The van der Waals surface area contributed by atoms with Gasteiger partial charge in [0.2, 0.25) is 0 Å². The van der Waals surface area contributed by atoms with Crippen LogP contribution >= 0.6 is 0 Å². The van der Waals surface area contributed by atoms with Crippen LogP contribution in [0.1, 0.15) is 25.7 Å². The van der Waals surface area contributed by atoms with E-state index in [1.165, 1.54) is 37.8 Å². The van der Waals surface area contributed by atoms with Crippen molar-refractivity contribution in [3.05, 3.63) is 30.1 Å². The zero-order valence-corrected chi connectivity index (χ0v) is 9.86. The molecule has 0 aromatic heterocycles. The molecule has 0 aliphatic carbocycles. The summed E-state index contributed by atoms with van der Waals surface area (Å²) in [6.45, 7) is 0.746. The third-order valence-corrected chi connectivity index (χ3v) is 4.01. The second-order valence-corrected chi connectivity index (χ2v) is 5.15. The lowest BCUT2D eigenvalue weighted by atomic mass is 9.93. The number of rotatable bonds is 3. The van der Waals surface area contributed by atoms with Crippen molar-refractivity contribution in [2.75, 3.05) is 6.61 Å². The SMILES string of the molecule is Fc1ccc(OCC2CCC3CCC2N3)cc1. The molecule has 92 valence electrons. The van der Waals surface area contributed by atoms with Crippen LogP contribution in [-0.4, -0.2) is 18.7 Å². The van der Waals surface area contributed by atoms with Gasteiger partial charge in [-0.25, -0.2) is 4.39 Å². The molecule has 2 heterocycles. The summed E-state index contributed by atoms with van der Waals surface area (Å²) in [7, 11) is 0. The maximum Gasteiger partial charge on any atom is 0.123 e. The van der Waals surface area contributed by atoms with E-state index in [-0.39, 0.29) is 5.82 Å². The molecule has 2 nitrogen and oxygen atoms in total. The highest BCUT2D eigenvalue weighted by molar-refractivity contribution is 5.22. The Morgan fingerprint density at radius 1 is 1.12 bits per heavy atom. The number of halogens is 1. The van der Waals surface area contributed by atoms with Crippen molar-refractivity contribution in [2.45, 2.75) is 37.8 Å². The summed E-state index contributed by atoms with van der Waals surface area (Å²) in [5.74, 6) is 1.17. The molecule has 0 saturated carbocycles. The van der Waals surface area contributed by atoms with Gasteiger partial charge in [0.1, 0.15) is 11.6 Å². The smallest absolute Gasteiger partial charge is 0.123 e. The van der Waals surface area contributed by atoms with Gasteiger partial charge in [-0.15, -0.1) is 0 Å². The number of piperidine rings is 1. The van der Waals surface area contributed by atoms with Crippen LogP contribution in [0.2, 0.25) is 0 Å². The first-order valence-corrected chi connectivity index (χ1v) is 6.46. The highest BCUT2D eigenvalue weighted by Gasteiger charge is 2.35. The Hall–Kier alpha value is -1.09. The molecule has 2 bridgehead atoms. The fraction of sp³-hybridized carbons (Fsp3) is 0.571. The molecular formula is C14H18FNO. The summed E-state index contributed by atoms with van der Waals surface area (Å²) >= 11 is 0. The van der Waals surface area contributed by atoms with Crippen molar-refractivity contribution >= 4 is 0 Å². The number of hydrogen-bond acceptors (Lipinski definition) is 2. The van der Waals surface area contributed by atoms with Gasteiger partial charge in [-0.05, 0) is 49.9 Å². The van der Waals surface area contributed by atoms with E-state index in [1.807, 2.05) is 0 Å². The Kier molecular flexibility index (Phi) is 3.02. The molecule has 3 rings (SSSR count). The van der Waals surface area contributed by atoms with Gasteiger partial charge >= 0.3 is 0 Å². The third kappa shape index (κ3) is 2.44. The summed E-state index contributed by atoms with van der Waals surface area (Å²) in [6.07, 6.45) is 5.12. The summed E-state index contributed by atoms with van der Waals surface area (Å²) in [6, 6.07) is 7.67. The zero-order chi connectivity index (χ0) is 11.7. The first kappa shape index (κ1) is 11.0. The molecule has 2 fully saturated rings. The van der Waals surface area contributed by atoms with Gasteiger partial charge in [0, 0.05) is 18.0 Å². The molecule has 2 aliphatic rings. The molecule has 3 atom stereocenters. The van der Waals surface area contributed by atoms with Crippen LogP contribution in [0.25, 0.3) is 0 Å². The van der Waals surface area contributed by atoms with Crippen molar-refractivity contribution < 1.29 is 9.13 Å². The number of hydrogen-bond donors (Lipinski definition) is 1. The van der Waals surface area contributed by atoms with Gasteiger partial charge in [0.25, 0.3) is 0 Å². The van der Waals surface area contributed by atoms with Crippen LogP contribution in [-0.2, 0) is 0 Å². The van der Waals surface area contributed by atoms with E-state index in [9.17, 15) is 4.39 Å². The number of nitrogens with one attached hydrogen (secondary N) is 1.